The summed E-state index contributed by atoms with van der Waals surface area (Å²) in [6.45, 7) is 0.479. The lowest BCUT2D eigenvalue weighted by Crippen LogP contribution is -2.38. The van der Waals surface area contributed by atoms with Gasteiger partial charge in [0, 0.05) is 23.5 Å². The van der Waals surface area contributed by atoms with Gasteiger partial charge >= 0.3 is 0 Å². The largest absolute Gasteiger partial charge is 0.349 e. The van der Waals surface area contributed by atoms with Crippen molar-refractivity contribution in [3.05, 3.63) is 41.2 Å². The van der Waals surface area contributed by atoms with E-state index in [-0.39, 0.29) is 17.8 Å². The van der Waals surface area contributed by atoms with E-state index in [1.807, 2.05) is 0 Å². The molecule has 1 aliphatic rings. The van der Waals surface area contributed by atoms with Gasteiger partial charge in [0.1, 0.15) is 16.5 Å². The van der Waals surface area contributed by atoms with E-state index in [1.165, 1.54) is 23.5 Å². The van der Waals surface area contributed by atoms with Gasteiger partial charge < -0.3 is 11.1 Å². The summed E-state index contributed by atoms with van der Waals surface area (Å²) >= 11 is 1.36. The van der Waals surface area contributed by atoms with Gasteiger partial charge in [-0.15, -0.1) is 11.3 Å². The minimum Gasteiger partial charge on any atom is -0.349 e. The van der Waals surface area contributed by atoms with Crippen LogP contribution in [-0.2, 0) is 0 Å². The fourth-order valence-electron chi connectivity index (χ4n) is 2.10. The van der Waals surface area contributed by atoms with Crippen LogP contribution in [-0.4, -0.2) is 23.5 Å². The molecular formula is C15H16FN3OS. The van der Waals surface area contributed by atoms with Crippen LogP contribution < -0.4 is 11.1 Å². The summed E-state index contributed by atoms with van der Waals surface area (Å²) in [6, 6.07) is 6.10. The molecule has 2 aromatic rings. The van der Waals surface area contributed by atoms with Gasteiger partial charge in [0.15, 0.2) is 0 Å². The number of thiazole rings is 1. The zero-order chi connectivity index (χ0) is 14.8. The normalized spacial score (nSPS) is 15.7. The van der Waals surface area contributed by atoms with Gasteiger partial charge in [-0.25, -0.2) is 9.37 Å². The summed E-state index contributed by atoms with van der Waals surface area (Å²) in [5.74, 6) is 0.0496. The van der Waals surface area contributed by atoms with Crippen LogP contribution in [0.3, 0.4) is 0 Å². The van der Waals surface area contributed by atoms with Gasteiger partial charge in [-0.05, 0) is 43.0 Å². The molecule has 1 amide bonds. The molecule has 0 saturated heterocycles. The number of hydrogen-bond acceptors (Lipinski definition) is 4. The number of benzene rings is 1. The Balaban J connectivity index is 1.63. The Morgan fingerprint density at radius 3 is 2.81 bits per heavy atom. The summed E-state index contributed by atoms with van der Waals surface area (Å²) < 4.78 is 12.9. The first-order valence-electron chi connectivity index (χ1n) is 6.89. The molecule has 6 heteroatoms. The van der Waals surface area contributed by atoms with E-state index in [4.69, 9.17) is 5.73 Å². The Hall–Kier alpha value is -1.79. The van der Waals surface area contributed by atoms with E-state index >= 15 is 0 Å². The maximum Gasteiger partial charge on any atom is 0.270 e. The molecule has 0 aliphatic heterocycles. The number of rotatable bonds is 5. The van der Waals surface area contributed by atoms with Crippen molar-refractivity contribution in [2.24, 2.45) is 11.7 Å². The molecule has 1 unspecified atom stereocenters. The Morgan fingerprint density at radius 1 is 1.43 bits per heavy atom. The molecule has 1 heterocycles. The van der Waals surface area contributed by atoms with E-state index in [0.29, 0.717) is 23.2 Å². The number of carbonyl (C=O) groups excluding carboxylic acids is 1. The average Bonchev–Trinajstić information content (AvgIpc) is 3.23. The average molecular weight is 305 g/mol. The molecule has 110 valence electrons. The zero-order valence-corrected chi connectivity index (χ0v) is 12.2. The standard InChI is InChI=1S/C15H16FN3OS/c16-11-5-3-10(4-6-11)15-19-13(8-21-15)14(20)18-7-12(17)9-1-2-9/h3-6,8-9,12H,1-2,7,17H2,(H,18,20). The van der Waals surface area contributed by atoms with E-state index in [1.54, 1.807) is 17.5 Å². The van der Waals surface area contributed by atoms with Gasteiger partial charge in [0.25, 0.3) is 5.91 Å². The summed E-state index contributed by atoms with van der Waals surface area (Å²) in [5, 5.41) is 5.22. The highest BCUT2D eigenvalue weighted by Gasteiger charge is 2.28. The van der Waals surface area contributed by atoms with Gasteiger partial charge in [0.05, 0.1) is 0 Å². The number of nitrogens with one attached hydrogen (secondary N) is 1. The van der Waals surface area contributed by atoms with E-state index in [2.05, 4.69) is 10.3 Å². The van der Waals surface area contributed by atoms with Crippen LogP contribution in [0, 0.1) is 11.7 Å². The highest BCUT2D eigenvalue weighted by Crippen LogP contribution is 2.31. The van der Waals surface area contributed by atoms with E-state index in [0.717, 1.165) is 18.4 Å². The molecule has 1 aliphatic carbocycles. The molecular weight excluding hydrogens is 289 g/mol. The molecule has 1 atom stereocenters. The summed E-state index contributed by atoms with van der Waals surface area (Å²) in [5.41, 5.74) is 7.13. The summed E-state index contributed by atoms with van der Waals surface area (Å²) in [7, 11) is 0. The molecule has 0 spiro atoms. The van der Waals surface area contributed by atoms with Crippen molar-refractivity contribution < 1.29 is 9.18 Å². The second-order valence-corrected chi connectivity index (χ2v) is 6.11. The molecule has 1 fully saturated rings. The smallest absolute Gasteiger partial charge is 0.270 e. The maximum absolute atomic E-state index is 12.9. The number of hydrogen-bond donors (Lipinski definition) is 2. The highest BCUT2D eigenvalue weighted by molar-refractivity contribution is 7.13. The van der Waals surface area contributed by atoms with Crippen LogP contribution in [0.5, 0.6) is 0 Å². The van der Waals surface area contributed by atoms with Crippen LogP contribution in [0.4, 0.5) is 4.39 Å². The fraction of sp³-hybridized carbons (Fsp3) is 0.333. The monoisotopic (exact) mass is 305 g/mol. The minimum absolute atomic E-state index is 0.0316. The summed E-state index contributed by atoms with van der Waals surface area (Å²) in [4.78, 5) is 16.3. The SMILES string of the molecule is NC(CNC(=O)c1csc(-c2ccc(F)cc2)n1)C1CC1. The molecule has 0 bridgehead atoms. The quantitative estimate of drug-likeness (QED) is 0.891. The van der Waals surface area contributed by atoms with Crippen molar-refractivity contribution in [1.82, 2.24) is 10.3 Å². The van der Waals surface area contributed by atoms with Crippen LogP contribution in [0.2, 0.25) is 0 Å². The molecule has 21 heavy (non-hydrogen) atoms. The number of nitrogens with zero attached hydrogens (tertiary/aromatic N) is 1. The minimum atomic E-state index is -0.290. The molecule has 1 saturated carbocycles. The van der Waals surface area contributed by atoms with Crippen molar-refractivity contribution in [3.8, 4) is 10.6 Å². The molecule has 0 radical (unpaired) electrons. The van der Waals surface area contributed by atoms with Gasteiger partial charge in [-0.3, -0.25) is 4.79 Å². The first-order valence-corrected chi connectivity index (χ1v) is 7.76. The third-order valence-electron chi connectivity index (χ3n) is 3.55. The fourth-order valence-corrected chi connectivity index (χ4v) is 2.90. The molecule has 1 aromatic heterocycles. The Kier molecular flexibility index (Phi) is 3.98. The summed E-state index contributed by atoms with van der Waals surface area (Å²) in [6.07, 6.45) is 2.31. The van der Waals surface area contributed by atoms with E-state index < -0.39 is 0 Å². The number of aromatic nitrogens is 1. The predicted molar refractivity (Wildman–Crippen MR) is 80.5 cm³/mol. The van der Waals surface area contributed by atoms with E-state index in [9.17, 15) is 9.18 Å². The third kappa shape index (κ3) is 3.46. The second-order valence-electron chi connectivity index (χ2n) is 5.26. The van der Waals surface area contributed by atoms with Crippen molar-refractivity contribution in [2.45, 2.75) is 18.9 Å². The predicted octanol–water partition coefficient (Wildman–Crippen LogP) is 2.42. The van der Waals surface area contributed by atoms with Gasteiger partial charge in [-0.2, -0.15) is 0 Å². The first kappa shape index (κ1) is 14.2. The first-order chi connectivity index (χ1) is 10.1. The van der Waals surface area contributed by atoms with Crippen molar-refractivity contribution in [2.75, 3.05) is 6.54 Å². The number of amides is 1. The highest BCUT2D eigenvalue weighted by atomic mass is 32.1. The number of carbonyl (C=O) groups is 1. The molecule has 3 rings (SSSR count). The Morgan fingerprint density at radius 2 is 2.14 bits per heavy atom. The molecule has 4 nitrogen and oxygen atoms in total. The maximum atomic E-state index is 12.9. The van der Waals surface area contributed by atoms with Crippen LogP contribution in [0.25, 0.3) is 10.6 Å². The number of nitrogens with two attached hydrogens (primary N) is 1. The third-order valence-corrected chi connectivity index (χ3v) is 4.45. The lowest BCUT2D eigenvalue weighted by molar-refractivity contribution is 0.0946. The van der Waals surface area contributed by atoms with Crippen molar-refractivity contribution in [3.63, 3.8) is 0 Å². The van der Waals surface area contributed by atoms with Crippen molar-refractivity contribution in [1.29, 1.82) is 0 Å². The lowest BCUT2D eigenvalue weighted by atomic mass is 10.2. The van der Waals surface area contributed by atoms with Gasteiger partial charge in [-0.1, -0.05) is 0 Å². The zero-order valence-electron chi connectivity index (χ0n) is 11.4. The molecule has 3 N–H and O–H groups in total. The topological polar surface area (TPSA) is 68.0 Å². The Labute approximate surface area is 126 Å². The lowest BCUT2D eigenvalue weighted by Gasteiger charge is -2.10. The Bertz CT molecular complexity index is 637. The van der Waals surface area contributed by atoms with Crippen LogP contribution >= 0.6 is 11.3 Å². The van der Waals surface area contributed by atoms with Crippen LogP contribution in [0.15, 0.2) is 29.6 Å². The van der Waals surface area contributed by atoms with Crippen molar-refractivity contribution >= 4 is 17.2 Å². The molecule has 1 aromatic carbocycles. The van der Waals surface area contributed by atoms with Gasteiger partial charge in [0.2, 0.25) is 0 Å². The van der Waals surface area contributed by atoms with Crippen LogP contribution in [0.1, 0.15) is 23.3 Å². The second kappa shape index (κ2) is 5.91. The number of halogens is 1.